The van der Waals surface area contributed by atoms with Crippen molar-refractivity contribution in [1.82, 2.24) is 20.5 Å². The van der Waals surface area contributed by atoms with Gasteiger partial charge >= 0.3 is 0 Å². The van der Waals surface area contributed by atoms with Crippen LogP contribution in [0.1, 0.15) is 12.0 Å². The summed E-state index contributed by atoms with van der Waals surface area (Å²) < 4.78 is 14.0. The first-order chi connectivity index (χ1) is 14.9. The number of aromatic nitrogens is 1. The third kappa shape index (κ3) is 6.65. The molecule has 1 saturated heterocycles. The number of guanidine groups is 1. The number of hydrogen-bond donors (Lipinski definition) is 3. The van der Waals surface area contributed by atoms with Crippen LogP contribution in [0.5, 0.6) is 0 Å². The molecule has 1 amide bonds. The van der Waals surface area contributed by atoms with Gasteiger partial charge in [0.1, 0.15) is 0 Å². The van der Waals surface area contributed by atoms with Crippen LogP contribution >= 0.6 is 0 Å². The molecule has 0 bridgehead atoms. The fraction of sp³-hybridized carbons (Fsp3) is 0.409. The minimum atomic E-state index is -0.303. The van der Waals surface area contributed by atoms with E-state index in [-0.39, 0.29) is 17.8 Å². The van der Waals surface area contributed by atoms with Crippen LogP contribution in [-0.4, -0.2) is 68.6 Å². The number of carbonyl (C=O) groups excluding carboxylic acids is 1. The minimum Gasteiger partial charge on any atom is -0.352 e. The first kappa shape index (κ1) is 22.5. The standard InChI is InChI=1S/C22H30FN7O/c1-24-22(28-18-9-11-30(14-18)21-19(23)8-5-10-25-21)26-13-16-6-4-7-17(12-16)27-20(31)15-29(2)3/h4-8,10,12,18H,9,11,13-15H2,1-3H3,(H,27,31)(H2,24,26,28). The average molecular weight is 428 g/mol. The summed E-state index contributed by atoms with van der Waals surface area (Å²) in [6.45, 7) is 2.28. The molecule has 1 aliphatic rings. The lowest BCUT2D eigenvalue weighted by molar-refractivity contribution is -0.116. The molecule has 0 aliphatic carbocycles. The van der Waals surface area contributed by atoms with Crippen molar-refractivity contribution in [3.8, 4) is 0 Å². The van der Waals surface area contributed by atoms with E-state index in [1.54, 1.807) is 19.3 Å². The maximum atomic E-state index is 14.0. The van der Waals surface area contributed by atoms with Crippen molar-refractivity contribution < 1.29 is 9.18 Å². The number of likely N-dealkylation sites (N-methyl/N-ethyl adjacent to an activating group) is 1. The molecule has 166 valence electrons. The van der Waals surface area contributed by atoms with Crippen molar-refractivity contribution in [1.29, 1.82) is 0 Å². The summed E-state index contributed by atoms with van der Waals surface area (Å²) in [6, 6.07) is 10.9. The molecule has 1 atom stereocenters. The molecule has 1 aliphatic heterocycles. The summed E-state index contributed by atoms with van der Waals surface area (Å²) in [6.07, 6.45) is 2.47. The summed E-state index contributed by atoms with van der Waals surface area (Å²) in [7, 11) is 5.43. The van der Waals surface area contributed by atoms with Gasteiger partial charge in [0.15, 0.2) is 17.6 Å². The Labute approximate surface area is 182 Å². The van der Waals surface area contributed by atoms with Gasteiger partial charge in [0, 0.05) is 44.6 Å². The zero-order chi connectivity index (χ0) is 22.2. The van der Waals surface area contributed by atoms with Gasteiger partial charge in [0.25, 0.3) is 0 Å². The molecule has 3 N–H and O–H groups in total. The number of rotatable bonds is 7. The summed E-state index contributed by atoms with van der Waals surface area (Å²) in [5, 5.41) is 9.60. The Hall–Kier alpha value is -3.20. The van der Waals surface area contributed by atoms with E-state index in [1.165, 1.54) is 6.07 Å². The number of hydrogen-bond acceptors (Lipinski definition) is 5. The van der Waals surface area contributed by atoms with Gasteiger partial charge in [0.05, 0.1) is 6.54 Å². The number of nitrogens with zero attached hydrogens (tertiary/aromatic N) is 4. The van der Waals surface area contributed by atoms with Crippen LogP contribution in [0, 0.1) is 5.82 Å². The normalized spacial score (nSPS) is 16.5. The van der Waals surface area contributed by atoms with E-state index < -0.39 is 0 Å². The molecule has 1 unspecified atom stereocenters. The molecule has 9 heteroatoms. The fourth-order valence-corrected chi connectivity index (χ4v) is 3.50. The maximum Gasteiger partial charge on any atom is 0.238 e. The topological polar surface area (TPSA) is 84.9 Å². The molecular weight excluding hydrogens is 397 g/mol. The van der Waals surface area contributed by atoms with E-state index in [1.807, 2.05) is 48.2 Å². The van der Waals surface area contributed by atoms with Gasteiger partial charge in [-0.1, -0.05) is 12.1 Å². The Morgan fingerprint density at radius 3 is 2.90 bits per heavy atom. The lowest BCUT2D eigenvalue weighted by atomic mass is 10.2. The Kier molecular flexibility index (Phi) is 7.77. The third-order valence-corrected chi connectivity index (χ3v) is 4.92. The number of benzene rings is 1. The molecule has 0 radical (unpaired) electrons. The number of pyridine rings is 1. The second kappa shape index (κ2) is 10.7. The van der Waals surface area contributed by atoms with Crippen LogP contribution in [0.3, 0.4) is 0 Å². The monoisotopic (exact) mass is 427 g/mol. The SMILES string of the molecule is CN=C(NCc1cccc(NC(=O)CN(C)C)c1)NC1CCN(c2ncccc2F)C1. The molecule has 1 aromatic heterocycles. The Morgan fingerprint density at radius 2 is 2.16 bits per heavy atom. The molecule has 31 heavy (non-hydrogen) atoms. The maximum absolute atomic E-state index is 14.0. The fourth-order valence-electron chi connectivity index (χ4n) is 3.50. The number of halogens is 1. The summed E-state index contributed by atoms with van der Waals surface area (Å²) >= 11 is 0. The van der Waals surface area contributed by atoms with Crippen molar-refractivity contribution in [2.45, 2.75) is 19.0 Å². The van der Waals surface area contributed by atoms with Crippen LogP contribution in [0.4, 0.5) is 15.9 Å². The van der Waals surface area contributed by atoms with Crippen molar-refractivity contribution >= 4 is 23.4 Å². The molecule has 0 saturated carbocycles. The molecule has 3 rings (SSSR count). The summed E-state index contributed by atoms with van der Waals surface area (Å²) in [4.78, 5) is 24.2. The van der Waals surface area contributed by atoms with E-state index in [0.717, 1.165) is 24.2 Å². The van der Waals surface area contributed by atoms with Crippen LogP contribution < -0.4 is 20.9 Å². The molecular formula is C22H30FN7O. The highest BCUT2D eigenvalue weighted by atomic mass is 19.1. The van der Waals surface area contributed by atoms with Gasteiger partial charge in [-0.3, -0.25) is 9.79 Å². The molecule has 2 aromatic rings. The number of carbonyl (C=O) groups is 1. The van der Waals surface area contributed by atoms with E-state index in [4.69, 9.17) is 0 Å². The Bertz CT molecular complexity index is 918. The summed E-state index contributed by atoms with van der Waals surface area (Å²) in [5.41, 5.74) is 1.78. The van der Waals surface area contributed by atoms with E-state index >= 15 is 0 Å². The molecule has 0 spiro atoms. The molecule has 2 heterocycles. The number of anilines is 2. The molecule has 8 nitrogen and oxygen atoms in total. The first-order valence-corrected chi connectivity index (χ1v) is 10.3. The van der Waals surface area contributed by atoms with Gasteiger partial charge in [-0.25, -0.2) is 9.37 Å². The van der Waals surface area contributed by atoms with E-state index in [0.29, 0.717) is 31.4 Å². The Balaban J connectivity index is 1.50. The lowest BCUT2D eigenvalue weighted by Gasteiger charge is -2.20. The van der Waals surface area contributed by atoms with E-state index in [9.17, 15) is 9.18 Å². The van der Waals surface area contributed by atoms with Gasteiger partial charge < -0.3 is 25.8 Å². The highest BCUT2D eigenvalue weighted by molar-refractivity contribution is 5.92. The van der Waals surface area contributed by atoms with Crippen LogP contribution in [0.2, 0.25) is 0 Å². The quantitative estimate of drug-likeness (QED) is 0.461. The first-order valence-electron chi connectivity index (χ1n) is 10.3. The predicted molar refractivity (Wildman–Crippen MR) is 122 cm³/mol. The van der Waals surface area contributed by atoms with Crippen molar-refractivity contribution in [2.75, 3.05) is 51.0 Å². The van der Waals surface area contributed by atoms with Gasteiger partial charge in [-0.2, -0.15) is 0 Å². The predicted octanol–water partition coefficient (Wildman–Crippen LogP) is 1.66. The molecule has 1 aromatic carbocycles. The van der Waals surface area contributed by atoms with Gasteiger partial charge in [-0.15, -0.1) is 0 Å². The molecule has 1 fully saturated rings. The highest BCUT2D eigenvalue weighted by Crippen LogP contribution is 2.20. The van der Waals surface area contributed by atoms with Crippen LogP contribution in [0.25, 0.3) is 0 Å². The lowest BCUT2D eigenvalue weighted by Crippen LogP contribution is -2.44. The second-order valence-electron chi connectivity index (χ2n) is 7.80. The summed E-state index contributed by atoms with van der Waals surface area (Å²) in [5.74, 6) is 0.712. The average Bonchev–Trinajstić information content (AvgIpc) is 3.19. The van der Waals surface area contributed by atoms with Crippen molar-refractivity contribution in [3.05, 3.63) is 54.0 Å². The zero-order valence-electron chi connectivity index (χ0n) is 18.2. The van der Waals surface area contributed by atoms with Gasteiger partial charge in [0.2, 0.25) is 5.91 Å². The van der Waals surface area contributed by atoms with Crippen LogP contribution in [-0.2, 0) is 11.3 Å². The Morgan fingerprint density at radius 1 is 1.32 bits per heavy atom. The highest BCUT2D eigenvalue weighted by Gasteiger charge is 2.25. The van der Waals surface area contributed by atoms with E-state index in [2.05, 4.69) is 25.9 Å². The second-order valence-corrected chi connectivity index (χ2v) is 7.80. The number of aliphatic imine (C=N–C) groups is 1. The van der Waals surface area contributed by atoms with Crippen molar-refractivity contribution in [3.63, 3.8) is 0 Å². The number of amides is 1. The third-order valence-electron chi connectivity index (χ3n) is 4.92. The minimum absolute atomic E-state index is 0.0530. The largest absolute Gasteiger partial charge is 0.352 e. The van der Waals surface area contributed by atoms with Gasteiger partial charge in [-0.05, 0) is 50.3 Å². The number of nitrogens with one attached hydrogen (secondary N) is 3. The zero-order valence-corrected chi connectivity index (χ0v) is 18.2. The smallest absolute Gasteiger partial charge is 0.238 e. The van der Waals surface area contributed by atoms with Crippen molar-refractivity contribution in [2.24, 2.45) is 4.99 Å². The van der Waals surface area contributed by atoms with Crippen LogP contribution in [0.15, 0.2) is 47.6 Å².